The van der Waals surface area contributed by atoms with Crippen LogP contribution in [0.15, 0.2) is 18.2 Å². The highest BCUT2D eigenvalue weighted by atomic mass is 19.4. The standard InChI is InChI=1S/C9H6F3NO2/c10-9(11,12)15-7-1-2-8(14)6(5-7)3-4-13/h1-2,5,14H,3H2. The van der Waals surface area contributed by atoms with E-state index >= 15 is 0 Å². The number of nitriles is 1. The van der Waals surface area contributed by atoms with Gasteiger partial charge < -0.3 is 9.84 Å². The summed E-state index contributed by atoms with van der Waals surface area (Å²) in [5, 5.41) is 17.5. The Morgan fingerprint density at radius 2 is 2.07 bits per heavy atom. The minimum Gasteiger partial charge on any atom is -0.508 e. The van der Waals surface area contributed by atoms with Gasteiger partial charge >= 0.3 is 6.36 Å². The first-order chi connectivity index (χ1) is 6.92. The molecular weight excluding hydrogens is 211 g/mol. The fourth-order valence-corrected chi connectivity index (χ4v) is 0.986. The summed E-state index contributed by atoms with van der Waals surface area (Å²) in [4.78, 5) is 0. The summed E-state index contributed by atoms with van der Waals surface area (Å²) in [5.41, 5.74) is 0.0965. The highest BCUT2D eigenvalue weighted by Crippen LogP contribution is 2.27. The maximum Gasteiger partial charge on any atom is 0.573 e. The van der Waals surface area contributed by atoms with E-state index in [1.165, 1.54) is 0 Å². The molecule has 0 aliphatic heterocycles. The Labute approximate surface area is 83.3 Å². The van der Waals surface area contributed by atoms with Gasteiger partial charge in [-0.15, -0.1) is 13.2 Å². The van der Waals surface area contributed by atoms with Gasteiger partial charge in [0.1, 0.15) is 11.5 Å². The number of alkyl halides is 3. The molecule has 80 valence electrons. The van der Waals surface area contributed by atoms with E-state index < -0.39 is 12.1 Å². The third-order valence-corrected chi connectivity index (χ3v) is 1.55. The van der Waals surface area contributed by atoms with Crippen molar-refractivity contribution in [3.8, 4) is 17.6 Å². The zero-order valence-corrected chi connectivity index (χ0v) is 7.38. The number of ether oxygens (including phenoxy) is 1. The number of benzene rings is 1. The number of halogens is 3. The number of phenols is 1. The molecule has 3 nitrogen and oxygen atoms in total. The average Bonchev–Trinajstić information content (AvgIpc) is 2.09. The molecule has 0 atom stereocenters. The monoisotopic (exact) mass is 217 g/mol. The van der Waals surface area contributed by atoms with Crippen LogP contribution >= 0.6 is 0 Å². The summed E-state index contributed by atoms with van der Waals surface area (Å²) in [6.45, 7) is 0. The third-order valence-electron chi connectivity index (χ3n) is 1.55. The van der Waals surface area contributed by atoms with Crippen molar-refractivity contribution in [2.45, 2.75) is 12.8 Å². The van der Waals surface area contributed by atoms with E-state index in [2.05, 4.69) is 4.74 Å². The summed E-state index contributed by atoms with van der Waals surface area (Å²) in [6.07, 6.45) is -4.96. The van der Waals surface area contributed by atoms with Crippen LogP contribution in [-0.4, -0.2) is 11.5 Å². The van der Waals surface area contributed by atoms with Gasteiger partial charge in [-0.25, -0.2) is 0 Å². The van der Waals surface area contributed by atoms with E-state index in [1.54, 1.807) is 6.07 Å². The smallest absolute Gasteiger partial charge is 0.508 e. The van der Waals surface area contributed by atoms with Crippen molar-refractivity contribution >= 4 is 0 Å². The molecule has 0 saturated carbocycles. The molecule has 0 radical (unpaired) electrons. The molecule has 0 unspecified atom stereocenters. The highest BCUT2D eigenvalue weighted by molar-refractivity contribution is 5.40. The molecule has 1 aromatic carbocycles. The van der Waals surface area contributed by atoms with Crippen LogP contribution in [0, 0.1) is 11.3 Å². The first-order valence-electron chi connectivity index (χ1n) is 3.87. The molecule has 0 aliphatic carbocycles. The Morgan fingerprint density at radius 1 is 1.40 bits per heavy atom. The Balaban J connectivity index is 2.93. The van der Waals surface area contributed by atoms with E-state index in [0.717, 1.165) is 18.2 Å². The van der Waals surface area contributed by atoms with Gasteiger partial charge in [-0.1, -0.05) is 0 Å². The van der Waals surface area contributed by atoms with Crippen molar-refractivity contribution in [2.24, 2.45) is 0 Å². The number of hydrogen-bond donors (Lipinski definition) is 1. The molecular formula is C9H6F3NO2. The summed E-state index contributed by atoms with van der Waals surface area (Å²) in [6, 6.07) is 4.72. The second-order valence-electron chi connectivity index (χ2n) is 2.67. The fourth-order valence-electron chi connectivity index (χ4n) is 0.986. The van der Waals surface area contributed by atoms with Gasteiger partial charge in [0.25, 0.3) is 0 Å². The molecule has 0 aromatic heterocycles. The lowest BCUT2D eigenvalue weighted by atomic mass is 10.1. The van der Waals surface area contributed by atoms with E-state index in [1.807, 2.05) is 0 Å². The average molecular weight is 217 g/mol. The second-order valence-corrected chi connectivity index (χ2v) is 2.67. The second kappa shape index (κ2) is 4.09. The highest BCUT2D eigenvalue weighted by Gasteiger charge is 2.31. The van der Waals surface area contributed by atoms with E-state index in [-0.39, 0.29) is 17.7 Å². The van der Waals surface area contributed by atoms with Gasteiger partial charge in [0.2, 0.25) is 0 Å². The molecule has 0 spiro atoms. The molecule has 0 fully saturated rings. The molecule has 0 heterocycles. The quantitative estimate of drug-likeness (QED) is 0.827. The van der Waals surface area contributed by atoms with Gasteiger partial charge in [-0.05, 0) is 18.2 Å². The van der Waals surface area contributed by atoms with Crippen LogP contribution in [0.1, 0.15) is 5.56 Å². The summed E-state index contributed by atoms with van der Waals surface area (Å²) >= 11 is 0. The summed E-state index contributed by atoms with van der Waals surface area (Å²) < 4.78 is 39.1. The van der Waals surface area contributed by atoms with Crippen LogP contribution in [0.2, 0.25) is 0 Å². The van der Waals surface area contributed by atoms with E-state index in [4.69, 9.17) is 5.26 Å². The van der Waals surface area contributed by atoms with Gasteiger partial charge in [0, 0.05) is 5.56 Å². The van der Waals surface area contributed by atoms with Crippen molar-refractivity contribution in [1.82, 2.24) is 0 Å². The zero-order chi connectivity index (χ0) is 11.5. The topological polar surface area (TPSA) is 53.2 Å². The molecule has 6 heteroatoms. The predicted octanol–water partition coefficient (Wildman–Crippen LogP) is 2.36. The van der Waals surface area contributed by atoms with Gasteiger partial charge in [0.15, 0.2) is 0 Å². The normalized spacial score (nSPS) is 10.8. The SMILES string of the molecule is N#CCc1cc(OC(F)(F)F)ccc1O. The van der Waals surface area contributed by atoms with Crippen LogP contribution < -0.4 is 4.74 Å². The number of hydrogen-bond acceptors (Lipinski definition) is 3. The lowest BCUT2D eigenvalue weighted by molar-refractivity contribution is -0.274. The molecule has 1 N–H and O–H groups in total. The summed E-state index contributed by atoms with van der Waals surface area (Å²) in [5.74, 6) is -0.684. The van der Waals surface area contributed by atoms with Crippen LogP contribution in [-0.2, 0) is 6.42 Å². The molecule has 1 rings (SSSR count). The van der Waals surface area contributed by atoms with Crippen molar-refractivity contribution in [3.05, 3.63) is 23.8 Å². The molecule has 1 aromatic rings. The Bertz CT molecular complexity index is 395. The lowest BCUT2D eigenvalue weighted by Gasteiger charge is -2.09. The van der Waals surface area contributed by atoms with Crippen molar-refractivity contribution in [3.63, 3.8) is 0 Å². The van der Waals surface area contributed by atoms with Gasteiger partial charge in [0.05, 0.1) is 12.5 Å². The molecule has 0 amide bonds. The maximum absolute atomic E-state index is 11.8. The Kier molecular flexibility index (Phi) is 3.04. The lowest BCUT2D eigenvalue weighted by Crippen LogP contribution is -2.17. The molecule has 0 aliphatic rings. The van der Waals surface area contributed by atoms with Crippen LogP contribution in [0.4, 0.5) is 13.2 Å². The first kappa shape index (κ1) is 11.2. The third kappa shape index (κ3) is 3.38. The largest absolute Gasteiger partial charge is 0.573 e. The Morgan fingerprint density at radius 3 is 2.60 bits per heavy atom. The van der Waals surface area contributed by atoms with Crippen LogP contribution in [0.3, 0.4) is 0 Å². The van der Waals surface area contributed by atoms with Crippen LogP contribution in [0.5, 0.6) is 11.5 Å². The van der Waals surface area contributed by atoms with E-state index in [9.17, 15) is 18.3 Å². The van der Waals surface area contributed by atoms with Crippen molar-refractivity contribution in [1.29, 1.82) is 5.26 Å². The molecule has 0 saturated heterocycles. The minimum absolute atomic E-state index is 0.0965. The van der Waals surface area contributed by atoms with Gasteiger partial charge in [-0.3, -0.25) is 0 Å². The van der Waals surface area contributed by atoms with Crippen molar-refractivity contribution < 1.29 is 23.0 Å². The number of nitrogens with zero attached hydrogens (tertiary/aromatic N) is 1. The Hall–Kier alpha value is -1.90. The van der Waals surface area contributed by atoms with Crippen LogP contribution in [0.25, 0.3) is 0 Å². The number of rotatable bonds is 2. The number of aromatic hydroxyl groups is 1. The minimum atomic E-state index is -4.78. The van der Waals surface area contributed by atoms with E-state index in [0.29, 0.717) is 0 Å². The van der Waals surface area contributed by atoms with Gasteiger partial charge in [-0.2, -0.15) is 5.26 Å². The predicted molar refractivity (Wildman–Crippen MR) is 44.1 cm³/mol. The molecule has 0 bridgehead atoms. The summed E-state index contributed by atoms with van der Waals surface area (Å²) in [7, 11) is 0. The van der Waals surface area contributed by atoms with Crippen molar-refractivity contribution in [2.75, 3.05) is 0 Å². The fraction of sp³-hybridized carbons (Fsp3) is 0.222. The maximum atomic E-state index is 11.8. The number of phenolic OH excluding ortho intramolecular Hbond substituents is 1. The first-order valence-corrected chi connectivity index (χ1v) is 3.87. The molecule has 15 heavy (non-hydrogen) atoms. The zero-order valence-electron chi connectivity index (χ0n) is 7.38.